The van der Waals surface area contributed by atoms with Crippen molar-refractivity contribution in [3.8, 4) is 12.3 Å². The molecule has 0 atom stereocenters. The molecule has 0 unspecified atom stereocenters. The van der Waals surface area contributed by atoms with Crippen LogP contribution < -0.4 is 5.32 Å². The van der Waals surface area contributed by atoms with Crippen molar-refractivity contribution in [3.63, 3.8) is 0 Å². The number of rotatable bonds is 5. The molecule has 0 saturated heterocycles. The zero-order chi connectivity index (χ0) is 15.1. The number of hydrogen-bond donors (Lipinski definition) is 2. The summed E-state index contributed by atoms with van der Waals surface area (Å²) in [6.45, 7) is 2.69. The van der Waals surface area contributed by atoms with Crippen LogP contribution in [-0.2, 0) is 0 Å². The predicted octanol–water partition coefficient (Wildman–Crippen LogP) is 2.92. The summed E-state index contributed by atoms with van der Waals surface area (Å²) in [5.74, 6) is 1.30. The quantitative estimate of drug-likeness (QED) is 0.820. The number of aromatic carboxylic acids is 1. The minimum absolute atomic E-state index is 0.0151. The third kappa shape index (κ3) is 4.18. The van der Waals surface area contributed by atoms with E-state index < -0.39 is 5.97 Å². The molecule has 0 aliphatic rings. The number of benzene rings is 1. The Morgan fingerprint density at radius 1 is 1.50 bits per heavy atom. The fraction of sp³-hybridized carbons (Fsp3) is 0.286. The first-order valence-corrected chi connectivity index (χ1v) is 6.39. The van der Waals surface area contributed by atoms with Gasteiger partial charge in [0, 0.05) is 12.2 Å². The largest absolute Gasteiger partial charge is 0.478 e. The van der Waals surface area contributed by atoms with Gasteiger partial charge in [-0.25, -0.2) is 9.59 Å². The summed E-state index contributed by atoms with van der Waals surface area (Å²) in [7, 11) is 0. The molecule has 6 heteroatoms. The molecule has 5 nitrogen and oxygen atoms in total. The van der Waals surface area contributed by atoms with Gasteiger partial charge >= 0.3 is 12.0 Å². The van der Waals surface area contributed by atoms with E-state index in [0.29, 0.717) is 12.2 Å². The Morgan fingerprint density at radius 2 is 2.20 bits per heavy atom. The standard InChI is InChI=1S/C14H15ClN2O3/c1-3-7-17(8-4-2)14(20)16-10-5-6-11(13(18)19)12(15)9-10/h1,5-6,9H,4,7-8H2,2H3,(H,16,20)(H,18,19). The van der Waals surface area contributed by atoms with Gasteiger partial charge in [0.1, 0.15) is 0 Å². The Hall–Kier alpha value is -2.19. The van der Waals surface area contributed by atoms with Crippen LogP contribution in [0.4, 0.5) is 10.5 Å². The van der Waals surface area contributed by atoms with Crippen molar-refractivity contribution in [2.24, 2.45) is 0 Å². The topological polar surface area (TPSA) is 69.6 Å². The zero-order valence-electron chi connectivity index (χ0n) is 11.0. The van der Waals surface area contributed by atoms with Crippen LogP contribution in [0.5, 0.6) is 0 Å². The van der Waals surface area contributed by atoms with Gasteiger partial charge in [-0.05, 0) is 24.6 Å². The summed E-state index contributed by atoms with van der Waals surface area (Å²) in [4.78, 5) is 24.3. The number of amides is 2. The van der Waals surface area contributed by atoms with Crippen LogP contribution in [0.15, 0.2) is 18.2 Å². The molecule has 0 fully saturated rings. The van der Waals surface area contributed by atoms with Gasteiger partial charge in [-0.3, -0.25) is 0 Å². The Labute approximate surface area is 122 Å². The number of terminal acetylenes is 1. The van der Waals surface area contributed by atoms with Gasteiger partial charge < -0.3 is 15.3 Å². The maximum atomic E-state index is 12.0. The first-order chi connectivity index (χ1) is 9.49. The minimum atomic E-state index is -1.12. The average Bonchev–Trinajstić information content (AvgIpc) is 2.38. The van der Waals surface area contributed by atoms with Gasteiger partial charge in [-0.15, -0.1) is 6.42 Å². The number of hydrogen-bond acceptors (Lipinski definition) is 2. The van der Waals surface area contributed by atoms with E-state index in [1.165, 1.54) is 23.1 Å². The number of nitrogens with zero attached hydrogens (tertiary/aromatic N) is 1. The van der Waals surface area contributed by atoms with Crippen molar-refractivity contribution in [3.05, 3.63) is 28.8 Å². The highest BCUT2D eigenvalue weighted by Gasteiger charge is 2.13. The van der Waals surface area contributed by atoms with Crippen LogP contribution in [-0.4, -0.2) is 35.1 Å². The van der Waals surface area contributed by atoms with Crippen molar-refractivity contribution in [1.29, 1.82) is 0 Å². The molecular weight excluding hydrogens is 280 g/mol. The number of halogens is 1. The molecule has 2 amide bonds. The van der Waals surface area contributed by atoms with Crippen LogP contribution >= 0.6 is 11.6 Å². The second-order valence-electron chi connectivity index (χ2n) is 4.06. The molecule has 0 aliphatic carbocycles. The van der Waals surface area contributed by atoms with Gasteiger partial charge in [-0.2, -0.15) is 0 Å². The van der Waals surface area contributed by atoms with E-state index in [-0.39, 0.29) is 23.2 Å². The summed E-state index contributed by atoms with van der Waals surface area (Å²) >= 11 is 5.83. The van der Waals surface area contributed by atoms with Gasteiger partial charge in [0.15, 0.2) is 0 Å². The Kier molecular flexibility index (Phi) is 5.88. The Morgan fingerprint density at radius 3 is 2.70 bits per heavy atom. The predicted molar refractivity (Wildman–Crippen MR) is 78.1 cm³/mol. The number of carboxylic acid groups (broad SMARTS) is 1. The number of carbonyl (C=O) groups is 2. The first-order valence-electron chi connectivity index (χ1n) is 6.01. The van der Waals surface area contributed by atoms with E-state index in [9.17, 15) is 9.59 Å². The SMILES string of the molecule is C#CCN(CCC)C(=O)Nc1ccc(C(=O)O)c(Cl)c1. The fourth-order valence-corrected chi connectivity index (χ4v) is 1.86. The molecule has 0 heterocycles. The van der Waals surface area contributed by atoms with Crippen molar-refractivity contribution in [2.45, 2.75) is 13.3 Å². The Balaban J connectivity index is 2.82. The van der Waals surface area contributed by atoms with E-state index in [1.807, 2.05) is 6.92 Å². The molecule has 20 heavy (non-hydrogen) atoms. The molecular formula is C14H15ClN2O3. The number of carboxylic acids is 1. The van der Waals surface area contributed by atoms with Crippen LogP contribution in [0.25, 0.3) is 0 Å². The summed E-state index contributed by atoms with van der Waals surface area (Å²) < 4.78 is 0. The number of urea groups is 1. The molecule has 0 saturated carbocycles. The highest BCUT2D eigenvalue weighted by atomic mass is 35.5. The molecule has 0 bridgehead atoms. The molecule has 0 spiro atoms. The van der Waals surface area contributed by atoms with Crippen LogP contribution in [0, 0.1) is 12.3 Å². The summed E-state index contributed by atoms with van der Waals surface area (Å²) in [5.41, 5.74) is 0.404. The van der Waals surface area contributed by atoms with E-state index in [0.717, 1.165) is 6.42 Å². The molecule has 0 aromatic heterocycles. The Bertz CT molecular complexity index is 552. The van der Waals surface area contributed by atoms with E-state index in [2.05, 4.69) is 11.2 Å². The molecule has 0 aliphatic heterocycles. The monoisotopic (exact) mass is 294 g/mol. The lowest BCUT2D eigenvalue weighted by atomic mass is 10.2. The van der Waals surface area contributed by atoms with E-state index >= 15 is 0 Å². The van der Waals surface area contributed by atoms with Gasteiger partial charge in [-0.1, -0.05) is 24.4 Å². The average molecular weight is 295 g/mol. The normalized spacial score (nSPS) is 9.65. The van der Waals surface area contributed by atoms with Crippen LogP contribution in [0.2, 0.25) is 5.02 Å². The van der Waals surface area contributed by atoms with E-state index in [4.69, 9.17) is 23.1 Å². The maximum absolute atomic E-state index is 12.0. The first kappa shape index (κ1) is 15.9. The lowest BCUT2D eigenvalue weighted by molar-refractivity contribution is 0.0697. The van der Waals surface area contributed by atoms with E-state index in [1.54, 1.807) is 0 Å². The van der Waals surface area contributed by atoms with Gasteiger partial charge in [0.2, 0.25) is 0 Å². The molecule has 1 aromatic carbocycles. The van der Waals surface area contributed by atoms with Crippen molar-refractivity contribution >= 4 is 29.3 Å². The second kappa shape index (κ2) is 7.41. The summed E-state index contributed by atoms with van der Waals surface area (Å²) in [5, 5.41) is 11.6. The van der Waals surface area contributed by atoms with Crippen molar-refractivity contribution < 1.29 is 14.7 Å². The summed E-state index contributed by atoms with van der Waals surface area (Å²) in [6.07, 6.45) is 6.00. The maximum Gasteiger partial charge on any atom is 0.337 e. The van der Waals surface area contributed by atoms with Crippen molar-refractivity contribution in [1.82, 2.24) is 4.90 Å². The number of nitrogens with one attached hydrogen (secondary N) is 1. The molecule has 2 N–H and O–H groups in total. The lowest BCUT2D eigenvalue weighted by Gasteiger charge is -2.20. The third-order valence-electron chi connectivity index (χ3n) is 2.51. The summed E-state index contributed by atoms with van der Waals surface area (Å²) in [6, 6.07) is 3.87. The second-order valence-corrected chi connectivity index (χ2v) is 4.46. The van der Waals surface area contributed by atoms with Crippen molar-refractivity contribution in [2.75, 3.05) is 18.4 Å². The zero-order valence-corrected chi connectivity index (χ0v) is 11.8. The lowest BCUT2D eigenvalue weighted by Crippen LogP contribution is -2.35. The molecule has 1 aromatic rings. The number of anilines is 1. The van der Waals surface area contributed by atoms with Gasteiger partial charge in [0.05, 0.1) is 17.1 Å². The molecule has 0 radical (unpaired) electrons. The molecule has 1 rings (SSSR count). The number of carbonyl (C=O) groups excluding carboxylic acids is 1. The highest BCUT2D eigenvalue weighted by molar-refractivity contribution is 6.33. The van der Waals surface area contributed by atoms with Crippen LogP contribution in [0.1, 0.15) is 23.7 Å². The smallest absolute Gasteiger partial charge is 0.337 e. The van der Waals surface area contributed by atoms with Gasteiger partial charge in [0.25, 0.3) is 0 Å². The van der Waals surface area contributed by atoms with Crippen LogP contribution in [0.3, 0.4) is 0 Å². The fourth-order valence-electron chi connectivity index (χ4n) is 1.60. The molecule has 106 valence electrons. The third-order valence-corrected chi connectivity index (χ3v) is 2.83. The minimum Gasteiger partial charge on any atom is -0.478 e. The highest BCUT2D eigenvalue weighted by Crippen LogP contribution is 2.21.